The summed E-state index contributed by atoms with van der Waals surface area (Å²) in [7, 11) is 2.02. The van der Waals surface area contributed by atoms with Gasteiger partial charge in [0.1, 0.15) is 5.82 Å². The van der Waals surface area contributed by atoms with E-state index in [0.29, 0.717) is 22.4 Å². The molecule has 0 aromatic heterocycles. The van der Waals surface area contributed by atoms with Crippen LogP contribution in [0.2, 0.25) is 0 Å². The van der Waals surface area contributed by atoms with Crippen LogP contribution < -0.4 is 5.32 Å². The summed E-state index contributed by atoms with van der Waals surface area (Å²) in [5.41, 5.74) is 2.11. The van der Waals surface area contributed by atoms with E-state index in [1.807, 2.05) is 18.8 Å². The smallest absolute Gasteiger partial charge is 0.334 e. The number of nitrogens with zero attached hydrogens (tertiary/aromatic N) is 3. The van der Waals surface area contributed by atoms with Crippen LogP contribution >= 0.6 is 11.8 Å². The molecule has 0 saturated heterocycles. The van der Waals surface area contributed by atoms with E-state index in [2.05, 4.69) is 29.2 Å². The number of hydrogen-bond donors (Lipinski definition) is 2. The first-order chi connectivity index (χ1) is 16.2. The number of dihydropyridines is 1. The van der Waals surface area contributed by atoms with Gasteiger partial charge < -0.3 is 10.4 Å². The summed E-state index contributed by atoms with van der Waals surface area (Å²) in [6.07, 6.45) is 4.48. The molecule has 0 bridgehead atoms. The molecule has 2 aliphatic heterocycles. The number of hydrazine groups is 1. The number of carboxylic acids is 1. The molecule has 1 fully saturated rings. The number of allylic oxidation sites excluding steroid dienone is 1. The summed E-state index contributed by atoms with van der Waals surface area (Å²) in [6, 6.07) is 6.61. The molecule has 184 valence electrons. The van der Waals surface area contributed by atoms with Gasteiger partial charge in [-0.15, -0.1) is 0 Å². The van der Waals surface area contributed by atoms with Crippen LogP contribution in [0.15, 0.2) is 46.9 Å². The highest BCUT2D eigenvalue weighted by Crippen LogP contribution is 2.51. The van der Waals surface area contributed by atoms with Crippen molar-refractivity contribution in [3.8, 4) is 0 Å². The molecule has 2 heterocycles. The monoisotopic (exact) mass is 486 g/mol. The summed E-state index contributed by atoms with van der Waals surface area (Å²) in [5, 5.41) is 30.6. The SMILES string of the molecule is CC1=C(C(=O)O)C(c2ccccc2[N+](=O)[O-])C2=C(N1)N(C)N(CCSC(C)C)C2C1CCCC1. The van der Waals surface area contributed by atoms with Gasteiger partial charge in [-0.25, -0.2) is 9.80 Å². The molecule has 2 atom stereocenters. The van der Waals surface area contributed by atoms with Gasteiger partial charge in [0.25, 0.3) is 5.69 Å². The average Bonchev–Trinajstić information content (AvgIpc) is 3.40. The zero-order chi connectivity index (χ0) is 24.6. The number of nitrogens with one attached hydrogen (secondary N) is 1. The summed E-state index contributed by atoms with van der Waals surface area (Å²) in [4.78, 5) is 24.1. The number of benzene rings is 1. The van der Waals surface area contributed by atoms with E-state index in [-0.39, 0.29) is 17.3 Å². The van der Waals surface area contributed by atoms with E-state index in [9.17, 15) is 20.0 Å². The van der Waals surface area contributed by atoms with Crippen LogP contribution in [-0.2, 0) is 4.79 Å². The summed E-state index contributed by atoms with van der Waals surface area (Å²) in [5.74, 6) is 0.504. The normalized spacial score (nSPS) is 23.6. The van der Waals surface area contributed by atoms with Crippen LogP contribution in [0.3, 0.4) is 0 Å². The molecule has 1 aliphatic carbocycles. The third kappa shape index (κ3) is 4.43. The fourth-order valence-corrected chi connectivity index (χ4v) is 6.59. The number of aliphatic carboxylic acids is 1. The van der Waals surface area contributed by atoms with E-state index < -0.39 is 16.8 Å². The zero-order valence-electron chi connectivity index (χ0n) is 20.3. The van der Waals surface area contributed by atoms with Crippen LogP contribution in [0.1, 0.15) is 57.9 Å². The minimum Gasteiger partial charge on any atom is -0.478 e. The molecule has 4 rings (SSSR count). The molecule has 3 aliphatic rings. The second-order valence-electron chi connectivity index (χ2n) is 9.62. The standard InChI is InChI=1S/C25H34N4O4S/c1-15(2)34-14-13-28-23(17-9-5-6-10-17)22-21(18-11-7-8-12-19(18)29(32)33)20(25(30)31)16(3)26-24(22)27(28)4/h7-8,11-12,15,17,21,23,26H,5-6,9-10,13-14H2,1-4H3,(H,30,31). The number of rotatable bonds is 8. The minimum atomic E-state index is -1.04. The van der Waals surface area contributed by atoms with Crippen molar-refractivity contribution in [1.82, 2.24) is 15.3 Å². The van der Waals surface area contributed by atoms with Crippen molar-refractivity contribution in [2.24, 2.45) is 5.92 Å². The van der Waals surface area contributed by atoms with Crippen LogP contribution in [0, 0.1) is 16.0 Å². The number of hydrogen-bond acceptors (Lipinski definition) is 7. The predicted molar refractivity (Wildman–Crippen MR) is 134 cm³/mol. The van der Waals surface area contributed by atoms with Crippen molar-refractivity contribution in [3.63, 3.8) is 0 Å². The lowest BCUT2D eigenvalue weighted by Gasteiger charge is -2.36. The Morgan fingerprint density at radius 3 is 2.59 bits per heavy atom. The maximum Gasteiger partial charge on any atom is 0.334 e. The number of carboxylic acid groups (broad SMARTS) is 1. The predicted octanol–water partition coefficient (Wildman–Crippen LogP) is 4.71. The van der Waals surface area contributed by atoms with E-state index >= 15 is 0 Å². The number of para-hydroxylation sites is 1. The highest BCUT2D eigenvalue weighted by molar-refractivity contribution is 7.99. The van der Waals surface area contributed by atoms with Crippen LogP contribution in [0.4, 0.5) is 5.69 Å². The van der Waals surface area contributed by atoms with Gasteiger partial charge in [-0.3, -0.25) is 15.1 Å². The molecule has 0 radical (unpaired) electrons. The Kier molecular flexibility index (Phi) is 7.23. The molecule has 1 aromatic carbocycles. The number of carbonyl (C=O) groups is 1. The van der Waals surface area contributed by atoms with Crippen molar-refractivity contribution < 1.29 is 14.8 Å². The Morgan fingerprint density at radius 1 is 1.29 bits per heavy atom. The lowest BCUT2D eigenvalue weighted by Crippen LogP contribution is -2.46. The van der Waals surface area contributed by atoms with E-state index in [1.54, 1.807) is 25.1 Å². The average molecular weight is 487 g/mol. The van der Waals surface area contributed by atoms with Gasteiger partial charge in [-0.2, -0.15) is 11.8 Å². The van der Waals surface area contributed by atoms with Gasteiger partial charge in [-0.05, 0) is 30.9 Å². The van der Waals surface area contributed by atoms with Crippen molar-refractivity contribution in [1.29, 1.82) is 0 Å². The van der Waals surface area contributed by atoms with E-state index in [4.69, 9.17) is 0 Å². The molecule has 1 aromatic rings. The van der Waals surface area contributed by atoms with Gasteiger partial charge in [-0.1, -0.05) is 44.9 Å². The van der Waals surface area contributed by atoms with Crippen molar-refractivity contribution in [2.45, 2.75) is 63.7 Å². The van der Waals surface area contributed by atoms with E-state index in [1.165, 1.54) is 6.07 Å². The molecular weight excluding hydrogens is 452 g/mol. The third-order valence-corrected chi connectivity index (χ3v) is 8.31. The Bertz CT molecular complexity index is 1030. The molecule has 34 heavy (non-hydrogen) atoms. The van der Waals surface area contributed by atoms with Crippen LogP contribution in [0.5, 0.6) is 0 Å². The first kappa shape index (κ1) is 24.6. The van der Waals surface area contributed by atoms with E-state index in [0.717, 1.165) is 49.4 Å². The number of nitro benzene ring substituents is 1. The molecule has 0 spiro atoms. The first-order valence-electron chi connectivity index (χ1n) is 12.0. The maximum atomic E-state index is 12.5. The van der Waals surface area contributed by atoms with Gasteiger partial charge >= 0.3 is 5.97 Å². The third-order valence-electron chi connectivity index (χ3n) is 7.22. The highest BCUT2D eigenvalue weighted by Gasteiger charge is 2.50. The quantitative estimate of drug-likeness (QED) is 0.402. The lowest BCUT2D eigenvalue weighted by molar-refractivity contribution is -0.385. The van der Waals surface area contributed by atoms with Gasteiger partial charge in [0, 0.05) is 42.2 Å². The second-order valence-corrected chi connectivity index (χ2v) is 11.3. The van der Waals surface area contributed by atoms with Crippen molar-refractivity contribution in [2.75, 3.05) is 19.3 Å². The zero-order valence-corrected chi connectivity index (χ0v) is 21.1. The molecule has 0 amide bonds. The summed E-state index contributed by atoms with van der Waals surface area (Å²) < 4.78 is 0. The maximum absolute atomic E-state index is 12.5. The highest BCUT2D eigenvalue weighted by atomic mass is 32.2. The Hall–Kier alpha value is -2.52. The summed E-state index contributed by atoms with van der Waals surface area (Å²) >= 11 is 1.91. The van der Waals surface area contributed by atoms with Crippen LogP contribution in [-0.4, -0.2) is 56.7 Å². The largest absolute Gasteiger partial charge is 0.478 e. The minimum absolute atomic E-state index is 0.00928. The molecule has 9 heteroatoms. The fraction of sp³-hybridized carbons (Fsp3) is 0.560. The topological polar surface area (TPSA) is 98.9 Å². The van der Waals surface area contributed by atoms with Crippen molar-refractivity contribution in [3.05, 3.63) is 62.6 Å². The molecule has 1 saturated carbocycles. The van der Waals surface area contributed by atoms with Crippen molar-refractivity contribution >= 4 is 23.4 Å². The number of thioether (sulfide) groups is 1. The van der Waals surface area contributed by atoms with Gasteiger partial charge in [0.05, 0.1) is 22.5 Å². The Labute approximate surface area is 205 Å². The molecule has 2 N–H and O–H groups in total. The van der Waals surface area contributed by atoms with Gasteiger partial charge in [0.2, 0.25) is 0 Å². The number of nitro groups is 1. The second kappa shape index (κ2) is 10.00. The Morgan fingerprint density at radius 2 is 1.97 bits per heavy atom. The summed E-state index contributed by atoms with van der Waals surface area (Å²) in [6.45, 7) is 6.97. The van der Waals surface area contributed by atoms with Gasteiger partial charge in [0.15, 0.2) is 0 Å². The molecule has 8 nitrogen and oxygen atoms in total. The van der Waals surface area contributed by atoms with Crippen LogP contribution in [0.25, 0.3) is 0 Å². The lowest BCUT2D eigenvalue weighted by atomic mass is 9.75. The molecule has 2 unspecified atom stereocenters. The first-order valence-corrected chi connectivity index (χ1v) is 13.1. The Balaban J connectivity index is 1.86. The fourth-order valence-electron chi connectivity index (χ4n) is 5.83. The molecular formula is C25H34N4O4S.